The third-order valence-corrected chi connectivity index (χ3v) is 3.98. The fraction of sp³-hybridized carbons (Fsp3) is 0.200. The smallest absolute Gasteiger partial charge is 0.269 e. The molecule has 21 heavy (non-hydrogen) atoms. The van der Waals surface area contributed by atoms with Crippen LogP contribution in [0.25, 0.3) is 0 Å². The number of nitrogens with zero attached hydrogens (tertiary/aromatic N) is 1. The molecule has 0 fully saturated rings. The first-order valence-electron chi connectivity index (χ1n) is 6.48. The molecule has 2 aromatic rings. The number of hydrogen-bond donors (Lipinski definition) is 1. The fourth-order valence-electron chi connectivity index (χ4n) is 1.77. The van der Waals surface area contributed by atoms with E-state index in [4.69, 9.17) is 10.5 Å². The topological polar surface area (TPSA) is 78.4 Å². The largest absolute Gasteiger partial charge is 0.494 e. The number of thioether (sulfide) groups is 1. The highest BCUT2D eigenvalue weighted by Gasteiger charge is 2.06. The lowest BCUT2D eigenvalue weighted by Gasteiger charge is -2.09. The van der Waals surface area contributed by atoms with E-state index in [0.717, 1.165) is 16.2 Å². The molecule has 0 aliphatic rings. The Morgan fingerprint density at radius 3 is 2.57 bits per heavy atom. The zero-order chi connectivity index (χ0) is 15.2. The van der Waals surface area contributed by atoms with Crippen LogP contribution < -0.4 is 10.5 Å². The molecule has 0 spiro atoms. The lowest BCUT2D eigenvalue weighted by atomic mass is 10.2. The molecule has 0 unspecified atom stereocenters. The van der Waals surface area contributed by atoms with Gasteiger partial charge in [0.2, 0.25) is 0 Å². The number of ether oxygens (including phenoxy) is 1. The van der Waals surface area contributed by atoms with Crippen molar-refractivity contribution in [2.45, 2.75) is 17.6 Å². The summed E-state index contributed by atoms with van der Waals surface area (Å²) in [6.45, 7) is 2.54. The average molecular weight is 304 g/mol. The summed E-state index contributed by atoms with van der Waals surface area (Å²) >= 11 is 1.58. The van der Waals surface area contributed by atoms with Gasteiger partial charge in [-0.2, -0.15) is 0 Å². The minimum atomic E-state index is -0.402. The van der Waals surface area contributed by atoms with E-state index >= 15 is 0 Å². The minimum absolute atomic E-state index is 0.0987. The highest BCUT2D eigenvalue weighted by Crippen LogP contribution is 2.31. The van der Waals surface area contributed by atoms with Crippen molar-refractivity contribution in [3.63, 3.8) is 0 Å². The molecule has 2 aromatic carbocycles. The number of rotatable bonds is 6. The van der Waals surface area contributed by atoms with Crippen molar-refractivity contribution in [2.24, 2.45) is 0 Å². The van der Waals surface area contributed by atoms with E-state index in [-0.39, 0.29) is 5.69 Å². The van der Waals surface area contributed by atoms with Crippen molar-refractivity contribution >= 4 is 23.1 Å². The summed E-state index contributed by atoms with van der Waals surface area (Å²) in [5.41, 5.74) is 7.75. The SMILES string of the molecule is CCOc1ccc(N)c(SCc2ccc([N+](=O)[O-])cc2)c1. The van der Waals surface area contributed by atoms with Crippen molar-refractivity contribution in [2.75, 3.05) is 12.3 Å². The quantitative estimate of drug-likeness (QED) is 0.379. The van der Waals surface area contributed by atoms with Gasteiger partial charge in [-0.25, -0.2) is 0 Å². The number of non-ortho nitro benzene ring substituents is 1. The Morgan fingerprint density at radius 2 is 1.95 bits per heavy atom. The van der Waals surface area contributed by atoms with Gasteiger partial charge >= 0.3 is 0 Å². The second-order valence-electron chi connectivity index (χ2n) is 4.34. The van der Waals surface area contributed by atoms with Crippen molar-refractivity contribution in [1.29, 1.82) is 0 Å². The van der Waals surface area contributed by atoms with E-state index in [2.05, 4.69) is 0 Å². The van der Waals surface area contributed by atoms with Crippen LogP contribution in [0.3, 0.4) is 0 Å². The summed E-state index contributed by atoms with van der Waals surface area (Å²) in [5, 5.41) is 10.6. The summed E-state index contributed by atoms with van der Waals surface area (Å²) in [7, 11) is 0. The zero-order valence-electron chi connectivity index (χ0n) is 11.6. The summed E-state index contributed by atoms with van der Waals surface area (Å²) in [4.78, 5) is 11.1. The lowest BCUT2D eigenvalue weighted by molar-refractivity contribution is -0.384. The monoisotopic (exact) mass is 304 g/mol. The van der Waals surface area contributed by atoms with Crippen molar-refractivity contribution < 1.29 is 9.66 Å². The molecule has 0 amide bonds. The van der Waals surface area contributed by atoms with Gasteiger partial charge in [-0.1, -0.05) is 12.1 Å². The summed E-state index contributed by atoms with van der Waals surface area (Å²) in [5.74, 6) is 1.48. The van der Waals surface area contributed by atoms with Gasteiger partial charge in [0, 0.05) is 28.5 Å². The van der Waals surface area contributed by atoms with Crippen LogP contribution in [0.5, 0.6) is 5.75 Å². The van der Waals surface area contributed by atoms with Crippen molar-refractivity contribution in [3.8, 4) is 5.75 Å². The van der Waals surface area contributed by atoms with E-state index < -0.39 is 4.92 Å². The molecule has 0 aliphatic heterocycles. The first-order chi connectivity index (χ1) is 10.1. The zero-order valence-corrected chi connectivity index (χ0v) is 12.4. The predicted molar refractivity (Wildman–Crippen MR) is 84.7 cm³/mol. The van der Waals surface area contributed by atoms with Crippen LogP contribution in [0, 0.1) is 10.1 Å². The molecule has 0 aliphatic carbocycles. The Morgan fingerprint density at radius 1 is 1.24 bits per heavy atom. The van der Waals surface area contributed by atoms with Gasteiger partial charge in [-0.15, -0.1) is 11.8 Å². The van der Waals surface area contributed by atoms with E-state index in [1.54, 1.807) is 23.9 Å². The van der Waals surface area contributed by atoms with Gasteiger partial charge in [0.1, 0.15) is 5.75 Å². The summed E-state index contributed by atoms with van der Waals surface area (Å²) in [6.07, 6.45) is 0. The number of nitro groups is 1. The molecule has 110 valence electrons. The van der Waals surface area contributed by atoms with Crippen LogP contribution in [0.4, 0.5) is 11.4 Å². The molecule has 5 nitrogen and oxygen atoms in total. The van der Waals surface area contributed by atoms with E-state index in [1.807, 2.05) is 25.1 Å². The Bertz CT molecular complexity index is 629. The number of hydrogen-bond acceptors (Lipinski definition) is 5. The maximum Gasteiger partial charge on any atom is 0.269 e. The molecular weight excluding hydrogens is 288 g/mol. The Hall–Kier alpha value is -2.21. The molecule has 0 bridgehead atoms. The van der Waals surface area contributed by atoms with Gasteiger partial charge < -0.3 is 10.5 Å². The third-order valence-electron chi connectivity index (χ3n) is 2.84. The number of nitrogens with two attached hydrogens (primary N) is 1. The third kappa shape index (κ3) is 4.13. The maximum atomic E-state index is 10.6. The second kappa shape index (κ2) is 6.99. The van der Waals surface area contributed by atoms with Gasteiger partial charge in [-0.05, 0) is 30.7 Å². The van der Waals surface area contributed by atoms with Crippen LogP contribution in [0.15, 0.2) is 47.4 Å². The molecule has 0 saturated heterocycles. The predicted octanol–water partition coefficient (Wildman–Crippen LogP) is 3.87. The Labute approximate surface area is 127 Å². The van der Waals surface area contributed by atoms with Crippen molar-refractivity contribution in [1.82, 2.24) is 0 Å². The highest BCUT2D eigenvalue weighted by molar-refractivity contribution is 7.98. The molecule has 0 heterocycles. The molecule has 2 N–H and O–H groups in total. The highest BCUT2D eigenvalue weighted by atomic mass is 32.2. The second-order valence-corrected chi connectivity index (χ2v) is 5.36. The summed E-state index contributed by atoms with van der Waals surface area (Å²) in [6, 6.07) is 12.1. The normalized spacial score (nSPS) is 10.3. The fourth-order valence-corrected chi connectivity index (χ4v) is 2.72. The lowest BCUT2D eigenvalue weighted by Crippen LogP contribution is -1.94. The average Bonchev–Trinajstić information content (AvgIpc) is 2.48. The molecule has 0 radical (unpaired) electrons. The summed E-state index contributed by atoms with van der Waals surface area (Å²) < 4.78 is 5.45. The van der Waals surface area contributed by atoms with Gasteiger partial charge in [0.15, 0.2) is 0 Å². The van der Waals surface area contributed by atoms with Crippen LogP contribution in [0.1, 0.15) is 12.5 Å². The van der Waals surface area contributed by atoms with E-state index in [1.165, 1.54) is 12.1 Å². The molecule has 0 atom stereocenters. The standard InChI is InChI=1S/C15H16N2O3S/c1-2-20-13-7-8-14(16)15(9-13)21-10-11-3-5-12(6-4-11)17(18)19/h3-9H,2,10,16H2,1H3. The number of nitrogen functional groups attached to an aromatic ring is 1. The molecule has 6 heteroatoms. The molecule has 0 saturated carbocycles. The number of nitro benzene ring substituents is 1. The van der Waals surface area contributed by atoms with Gasteiger partial charge in [0.05, 0.1) is 11.5 Å². The Kier molecular flexibility index (Phi) is 5.05. The van der Waals surface area contributed by atoms with Gasteiger partial charge in [0.25, 0.3) is 5.69 Å². The van der Waals surface area contributed by atoms with E-state index in [9.17, 15) is 10.1 Å². The van der Waals surface area contributed by atoms with Crippen LogP contribution in [0.2, 0.25) is 0 Å². The van der Waals surface area contributed by atoms with Crippen LogP contribution in [-0.4, -0.2) is 11.5 Å². The first-order valence-corrected chi connectivity index (χ1v) is 7.47. The van der Waals surface area contributed by atoms with Crippen molar-refractivity contribution in [3.05, 3.63) is 58.1 Å². The maximum absolute atomic E-state index is 10.6. The first kappa shape index (κ1) is 15.2. The van der Waals surface area contributed by atoms with Gasteiger partial charge in [-0.3, -0.25) is 10.1 Å². The van der Waals surface area contributed by atoms with Crippen LogP contribution >= 0.6 is 11.8 Å². The molecular formula is C15H16N2O3S. The van der Waals surface area contributed by atoms with E-state index in [0.29, 0.717) is 18.0 Å². The minimum Gasteiger partial charge on any atom is -0.494 e. The Balaban J connectivity index is 2.05. The number of benzene rings is 2. The van der Waals surface area contributed by atoms with Crippen LogP contribution in [-0.2, 0) is 5.75 Å². The number of anilines is 1. The molecule has 0 aromatic heterocycles. The molecule has 2 rings (SSSR count).